The lowest BCUT2D eigenvalue weighted by Gasteiger charge is -2.33. The van der Waals surface area contributed by atoms with Gasteiger partial charge in [-0.2, -0.15) is 0 Å². The van der Waals surface area contributed by atoms with Gasteiger partial charge < -0.3 is 15.0 Å². The van der Waals surface area contributed by atoms with Gasteiger partial charge in [0.2, 0.25) is 21.8 Å². The molecule has 192 valence electrons. The quantitative estimate of drug-likeness (QED) is 0.478. The zero-order valence-electron chi connectivity index (χ0n) is 21.4. The Labute approximate surface area is 209 Å². The number of hydrogen-bond acceptors (Lipinski definition) is 5. The van der Waals surface area contributed by atoms with Crippen molar-refractivity contribution in [1.29, 1.82) is 0 Å². The fraction of sp³-hybridized carbons (Fsp3) is 0.462. The first-order chi connectivity index (χ1) is 16.5. The second-order valence-corrected chi connectivity index (χ2v) is 10.6. The van der Waals surface area contributed by atoms with E-state index in [0.29, 0.717) is 12.2 Å². The number of carbonyl (C=O) groups excluding carboxylic acids is 2. The molecule has 0 spiro atoms. The molecular weight excluding hydrogens is 466 g/mol. The summed E-state index contributed by atoms with van der Waals surface area (Å²) in [4.78, 5) is 28.3. The first-order valence-corrected chi connectivity index (χ1v) is 13.6. The molecule has 2 aromatic carbocycles. The average Bonchev–Trinajstić information content (AvgIpc) is 2.81. The molecule has 1 N–H and O–H groups in total. The van der Waals surface area contributed by atoms with Crippen molar-refractivity contribution in [3.63, 3.8) is 0 Å². The number of para-hydroxylation sites is 2. The van der Waals surface area contributed by atoms with Gasteiger partial charge in [0.25, 0.3) is 0 Å². The van der Waals surface area contributed by atoms with Crippen molar-refractivity contribution in [3.8, 4) is 5.75 Å². The summed E-state index contributed by atoms with van der Waals surface area (Å²) >= 11 is 0. The van der Waals surface area contributed by atoms with Crippen molar-refractivity contribution in [2.45, 2.75) is 59.2 Å². The maximum absolute atomic E-state index is 13.7. The van der Waals surface area contributed by atoms with Crippen molar-refractivity contribution in [3.05, 3.63) is 59.7 Å². The average molecular weight is 504 g/mol. The van der Waals surface area contributed by atoms with Crippen LogP contribution in [0.1, 0.15) is 44.7 Å². The van der Waals surface area contributed by atoms with E-state index in [1.54, 1.807) is 24.3 Å². The molecule has 0 radical (unpaired) electrons. The number of nitrogens with one attached hydrogen (secondary N) is 1. The van der Waals surface area contributed by atoms with Gasteiger partial charge in [-0.25, -0.2) is 8.42 Å². The highest BCUT2D eigenvalue weighted by atomic mass is 32.2. The maximum Gasteiger partial charge on any atom is 0.244 e. The van der Waals surface area contributed by atoms with Crippen LogP contribution in [0.5, 0.6) is 5.75 Å². The molecule has 0 fully saturated rings. The number of anilines is 1. The number of carbonyl (C=O) groups is 2. The van der Waals surface area contributed by atoms with Crippen LogP contribution in [0.3, 0.4) is 0 Å². The molecule has 8 nitrogen and oxygen atoms in total. The molecule has 0 saturated carbocycles. The third-order valence-electron chi connectivity index (χ3n) is 5.86. The van der Waals surface area contributed by atoms with E-state index in [2.05, 4.69) is 5.32 Å². The summed E-state index contributed by atoms with van der Waals surface area (Å²) in [7, 11) is -2.39. The molecule has 0 aliphatic carbocycles. The fourth-order valence-corrected chi connectivity index (χ4v) is 4.65. The van der Waals surface area contributed by atoms with Gasteiger partial charge in [-0.05, 0) is 44.4 Å². The molecule has 0 aliphatic heterocycles. The van der Waals surface area contributed by atoms with E-state index in [-0.39, 0.29) is 24.2 Å². The number of methoxy groups -OCH3 is 1. The van der Waals surface area contributed by atoms with Crippen LogP contribution in [0.4, 0.5) is 5.69 Å². The maximum atomic E-state index is 13.7. The lowest BCUT2D eigenvalue weighted by Crippen LogP contribution is -2.53. The van der Waals surface area contributed by atoms with Crippen LogP contribution in [-0.2, 0) is 26.2 Å². The molecule has 0 bridgehead atoms. The summed E-state index contributed by atoms with van der Waals surface area (Å²) in [6, 6.07) is 13.5. The number of amides is 2. The zero-order valence-corrected chi connectivity index (χ0v) is 22.3. The summed E-state index contributed by atoms with van der Waals surface area (Å²) in [5, 5.41) is 2.96. The van der Waals surface area contributed by atoms with E-state index in [1.165, 1.54) is 12.0 Å². The Balaban J connectivity index is 2.48. The van der Waals surface area contributed by atoms with Gasteiger partial charge in [0, 0.05) is 12.6 Å². The Morgan fingerprint density at radius 1 is 1.06 bits per heavy atom. The van der Waals surface area contributed by atoms with Crippen molar-refractivity contribution in [1.82, 2.24) is 10.2 Å². The third kappa shape index (κ3) is 7.71. The summed E-state index contributed by atoms with van der Waals surface area (Å²) in [5.74, 6) is -0.405. The van der Waals surface area contributed by atoms with E-state index in [9.17, 15) is 18.0 Å². The lowest BCUT2D eigenvalue weighted by molar-refractivity contribution is -0.140. The molecule has 9 heteroatoms. The Hall–Kier alpha value is -3.07. The third-order valence-corrected chi connectivity index (χ3v) is 6.98. The minimum absolute atomic E-state index is 0.0476. The smallest absolute Gasteiger partial charge is 0.244 e. The molecule has 2 aromatic rings. The van der Waals surface area contributed by atoms with Gasteiger partial charge in [0.05, 0.1) is 19.1 Å². The number of ether oxygens (including phenoxy) is 1. The van der Waals surface area contributed by atoms with E-state index in [4.69, 9.17) is 4.74 Å². The summed E-state index contributed by atoms with van der Waals surface area (Å²) < 4.78 is 31.8. The van der Waals surface area contributed by atoms with Gasteiger partial charge in [0.15, 0.2) is 0 Å². The van der Waals surface area contributed by atoms with Gasteiger partial charge in [-0.3, -0.25) is 13.9 Å². The largest absolute Gasteiger partial charge is 0.495 e. The second-order valence-electron chi connectivity index (χ2n) is 8.69. The highest BCUT2D eigenvalue weighted by molar-refractivity contribution is 7.92. The fourth-order valence-electron chi connectivity index (χ4n) is 3.80. The molecule has 0 aromatic heterocycles. The Morgan fingerprint density at radius 2 is 1.74 bits per heavy atom. The number of rotatable bonds is 12. The minimum atomic E-state index is -3.83. The van der Waals surface area contributed by atoms with Crippen molar-refractivity contribution in [2.75, 3.05) is 24.2 Å². The summed E-state index contributed by atoms with van der Waals surface area (Å²) in [6.07, 6.45) is 2.18. The van der Waals surface area contributed by atoms with Crippen LogP contribution in [0.2, 0.25) is 0 Å². The number of hydrogen-bond donors (Lipinski definition) is 1. The van der Waals surface area contributed by atoms with Crippen molar-refractivity contribution in [2.24, 2.45) is 0 Å². The number of aryl methyl sites for hydroxylation is 1. The summed E-state index contributed by atoms with van der Waals surface area (Å²) in [5.41, 5.74) is 2.15. The van der Waals surface area contributed by atoms with Crippen LogP contribution in [-0.4, -0.2) is 57.1 Å². The standard InChI is InChI=1S/C26H37N3O5S/c1-7-20(4)27-26(31)22(8-2)28(17-21-13-11-12-19(3)16-21)25(30)18-29(35(6,32)33)23-14-9-10-15-24(23)34-5/h9-16,20,22H,7-8,17-18H2,1-6H3,(H,27,31)/t20-,22+/m0/s1. The molecule has 0 aliphatic rings. The normalized spacial score (nSPS) is 13.0. The Kier molecular flexibility index (Phi) is 10.1. The first kappa shape index (κ1) is 28.2. The summed E-state index contributed by atoms with van der Waals surface area (Å²) in [6.45, 7) is 7.39. The Morgan fingerprint density at radius 3 is 2.31 bits per heavy atom. The highest BCUT2D eigenvalue weighted by Gasteiger charge is 2.32. The number of benzene rings is 2. The van der Waals surface area contributed by atoms with Crippen LogP contribution in [0, 0.1) is 6.92 Å². The molecule has 0 unspecified atom stereocenters. The first-order valence-electron chi connectivity index (χ1n) is 11.8. The van der Waals surface area contributed by atoms with Gasteiger partial charge in [-0.15, -0.1) is 0 Å². The van der Waals surface area contributed by atoms with E-state index < -0.39 is 28.5 Å². The predicted octanol–water partition coefficient (Wildman–Crippen LogP) is 3.49. The van der Waals surface area contributed by atoms with Crippen LogP contribution in [0.15, 0.2) is 48.5 Å². The van der Waals surface area contributed by atoms with Crippen LogP contribution >= 0.6 is 0 Å². The van der Waals surface area contributed by atoms with Crippen LogP contribution in [0.25, 0.3) is 0 Å². The topological polar surface area (TPSA) is 96.0 Å². The molecule has 2 amide bonds. The molecule has 2 rings (SSSR count). The second kappa shape index (κ2) is 12.6. The lowest BCUT2D eigenvalue weighted by atomic mass is 10.1. The zero-order chi connectivity index (χ0) is 26.2. The van der Waals surface area contributed by atoms with Gasteiger partial charge >= 0.3 is 0 Å². The van der Waals surface area contributed by atoms with E-state index >= 15 is 0 Å². The van der Waals surface area contributed by atoms with Crippen LogP contribution < -0.4 is 14.4 Å². The molecule has 0 heterocycles. The molecule has 35 heavy (non-hydrogen) atoms. The highest BCUT2D eigenvalue weighted by Crippen LogP contribution is 2.29. The predicted molar refractivity (Wildman–Crippen MR) is 139 cm³/mol. The Bertz CT molecular complexity index is 1120. The molecule has 0 saturated heterocycles. The van der Waals surface area contributed by atoms with E-state index in [0.717, 1.165) is 28.1 Å². The van der Waals surface area contributed by atoms with E-state index in [1.807, 2.05) is 52.0 Å². The minimum Gasteiger partial charge on any atom is -0.495 e. The van der Waals surface area contributed by atoms with Crippen molar-refractivity contribution < 1.29 is 22.7 Å². The van der Waals surface area contributed by atoms with Crippen molar-refractivity contribution >= 4 is 27.5 Å². The number of nitrogens with zero attached hydrogens (tertiary/aromatic N) is 2. The van der Waals surface area contributed by atoms with Gasteiger partial charge in [-0.1, -0.05) is 55.8 Å². The molecular formula is C26H37N3O5S. The molecule has 2 atom stereocenters. The van der Waals surface area contributed by atoms with Gasteiger partial charge in [0.1, 0.15) is 18.3 Å². The SMILES string of the molecule is CC[C@H](C(=O)N[C@@H](C)CC)N(Cc1cccc(C)c1)C(=O)CN(c1ccccc1OC)S(C)(=O)=O. The number of sulfonamides is 1. The monoisotopic (exact) mass is 503 g/mol.